The summed E-state index contributed by atoms with van der Waals surface area (Å²) in [5, 5.41) is 3.78. The zero-order chi connectivity index (χ0) is 23.8. The van der Waals surface area contributed by atoms with Crippen LogP contribution in [0, 0.1) is 5.92 Å². The zero-order valence-electron chi connectivity index (χ0n) is 16.6. The Morgan fingerprint density at radius 1 is 0.939 bits per heavy atom. The lowest BCUT2D eigenvalue weighted by Crippen LogP contribution is -2.30. The van der Waals surface area contributed by atoms with Crippen LogP contribution in [0.3, 0.4) is 0 Å². The zero-order valence-corrected chi connectivity index (χ0v) is 20.4. The third-order valence-electron chi connectivity index (χ3n) is 5.03. The van der Waals surface area contributed by atoms with E-state index in [1.165, 1.54) is 12.1 Å². The maximum Gasteiger partial charge on any atom is 0.271 e. The minimum absolute atomic E-state index is 0.148. The SMILES string of the molecule is O=C(NNc1ccccn1)c1cc(NC(=O)[C@H]2[C@H](c3cc(Cl)cc(Cl)c3)C2(Cl)Cl)ccc1Cl. The van der Waals surface area contributed by atoms with Gasteiger partial charge in [-0.3, -0.25) is 20.4 Å². The monoisotopic (exact) mass is 542 g/mol. The van der Waals surface area contributed by atoms with Crippen molar-refractivity contribution in [3.8, 4) is 0 Å². The molecule has 33 heavy (non-hydrogen) atoms. The third-order valence-corrected chi connectivity index (χ3v) is 6.73. The topological polar surface area (TPSA) is 83.1 Å². The van der Waals surface area contributed by atoms with Crippen LogP contribution in [0.4, 0.5) is 11.5 Å². The molecule has 11 heteroatoms. The normalized spacial score (nSPS) is 18.3. The quantitative estimate of drug-likeness (QED) is 0.250. The molecule has 2 amide bonds. The smallest absolute Gasteiger partial charge is 0.271 e. The second-order valence-corrected chi connectivity index (χ2v) is 10.0. The largest absolute Gasteiger partial charge is 0.326 e. The summed E-state index contributed by atoms with van der Waals surface area (Å²) >= 11 is 31.1. The fourth-order valence-corrected chi connectivity index (χ4v) is 5.02. The van der Waals surface area contributed by atoms with Gasteiger partial charge in [0.05, 0.1) is 16.5 Å². The number of amides is 2. The average molecular weight is 545 g/mol. The number of hydrazine groups is 1. The van der Waals surface area contributed by atoms with Crippen LogP contribution < -0.4 is 16.2 Å². The molecule has 3 aromatic rings. The maximum atomic E-state index is 12.9. The van der Waals surface area contributed by atoms with Crippen LogP contribution in [0.15, 0.2) is 60.8 Å². The van der Waals surface area contributed by atoms with Crippen molar-refractivity contribution in [2.75, 3.05) is 10.7 Å². The molecule has 0 bridgehead atoms. The number of hydrogen-bond donors (Lipinski definition) is 3. The highest BCUT2D eigenvalue weighted by atomic mass is 35.5. The van der Waals surface area contributed by atoms with Gasteiger partial charge in [0.25, 0.3) is 5.91 Å². The Bertz CT molecular complexity index is 1200. The van der Waals surface area contributed by atoms with Crippen molar-refractivity contribution in [3.05, 3.63) is 87.0 Å². The summed E-state index contributed by atoms with van der Waals surface area (Å²) in [7, 11) is 0. The summed E-state index contributed by atoms with van der Waals surface area (Å²) in [6, 6.07) is 14.6. The number of nitrogens with zero attached hydrogens (tertiary/aromatic N) is 1. The van der Waals surface area contributed by atoms with E-state index in [2.05, 4.69) is 21.2 Å². The van der Waals surface area contributed by atoms with Crippen molar-refractivity contribution in [2.24, 2.45) is 5.92 Å². The maximum absolute atomic E-state index is 12.9. The van der Waals surface area contributed by atoms with Gasteiger partial charge in [-0.2, -0.15) is 0 Å². The first-order valence-electron chi connectivity index (χ1n) is 9.58. The number of anilines is 2. The average Bonchev–Trinajstić information content (AvgIpc) is 3.35. The fourth-order valence-electron chi connectivity index (χ4n) is 3.44. The van der Waals surface area contributed by atoms with Gasteiger partial charge in [0, 0.05) is 27.8 Å². The van der Waals surface area contributed by atoms with Gasteiger partial charge in [0.15, 0.2) is 0 Å². The number of pyridine rings is 1. The molecular formula is C22H15Cl5N4O2. The van der Waals surface area contributed by atoms with E-state index in [4.69, 9.17) is 58.0 Å². The number of benzene rings is 2. The van der Waals surface area contributed by atoms with Crippen LogP contribution >= 0.6 is 58.0 Å². The lowest BCUT2D eigenvalue weighted by Gasteiger charge is -2.11. The van der Waals surface area contributed by atoms with Gasteiger partial charge in [-0.15, -0.1) is 23.2 Å². The number of nitrogens with one attached hydrogen (secondary N) is 3. The number of halogens is 5. The van der Waals surface area contributed by atoms with E-state index < -0.39 is 28.0 Å². The predicted octanol–water partition coefficient (Wildman–Crippen LogP) is 6.32. The lowest BCUT2D eigenvalue weighted by molar-refractivity contribution is -0.117. The molecule has 1 fully saturated rings. The highest BCUT2D eigenvalue weighted by Crippen LogP contribution is 2.65. The van der Waals surface area contributed by atoms with Crippen LogP contribution in [-0.2, 0) is 4.79 Å². The molecule has 0 saturated heterocycles. The molecule has 0 aliphatic heterocycles. The van der Waals surface area contributed by atoms with Gasteiger partial charge in [-0.1, -0.05) is 40.9 Å². The molecule has 0 spiro atoms. The summed E-state index contributed by atoms with van der Waals surface area (Å²) < 4.78 is -1.32. The number of hydrogen-bond acceptors (Lipinski definition) is 4. The van der Waals surface area contributed by atoms with Gasteiger partial charge in [0.2, 0.25) is 5.91 Å². The van der Waals surface area contributed by atoms with Crippen LogP contribution in [0.25, 0.3) is 0 Å². The van der Waals surface area contributed by atoms with Gasteiger partial charge in [-0.05, 0) is 54.1 Å². The number of aromatic nitrogens is 1. The van der Waals surface area contributed by atoms with Gasteiger partial charge in [0.1, 0.15) is 10.2 Å². The van der Waals surface area contributed by atoms with E-state index in [1.807, 2.05) is 0 Å². The van der Waals surface area contributed by atoms with Crippen molar-refractivity contribution in [1.29, 1.82) is 0 Å². The van der Waals surface area contributed by atoms with Crippen molar-refractivity contribution in [2.45, 2.75) is 10.3 Å². The molecule has 0 unspecified atom stereocenters. The van der Waals surface area contributed by atoms with Crippen LogP contribution in [0.1, 0.15) is 21.8 Å². The first-order chi connectivity index (χ1) is 15.7. The van der Waals surface area contributed by atoms with Gasteiger partial charge < -0.3 is 5.32 Å². The summed E-state index contributed by atoms with van der Waals surface area (Å²) in [6.07, 6.45) is 1.58. The Hall–Kier alpha value is -2.22. The van der Waals surface area contributed by atoms with Crippen LogP contribution in [0.5, 0.6) is 0 Å². The lowest BCUT2D eigenvalue weighted by atomic mass is 10.1. The molecular weight excluding hydrogens is 530 g/mol. The highest BCUT2D eigenvalue weighted by molar-refractivity contribution is 6.53. The molecule has 1 heterocycles. The van der Waals surface area contributed by atoms with E-state index >= 15 is 0 Å². The Morgan fingerprint density at radius 3 is 2.33 bits per heavy atom. The molecule has 2 atom stereocenters. The molecule has 0 radical (unpaired) electrons. The molecule has 1 aliphatic carbocycles. The van der Waals surface area contributed by atoms with Crippen molar-refractivity contribution < 1.29 is 9.59 Å². The van der Waals surface area contributed by atoms with Gasteiger partial charge in [-0.25, -0.2) is 4.98 Å². The molecule has 4 rings (SSSR count). The van der Waals surface area contributed by atoms with E-state index in [9.17, 15) is 9.59 Å². The fraction of sp³-hybridized carbons (Fsp3) is 0.136. The molecule has 3 N–H and O–H groups in total. The molecule has 1 saturated carbocycles. The number of carbonyl (C=O) groups is 2. The van der Waals surface area contributed by atoms with Crippen LogP contribution in [-0.4, -0.2) is 21.1 Å². The summed E-state index contributed by atoms with van der Waals surface area (Å²) in [4.78, 5) is 29.5. The molecule has 6 nitrogen and oxygen atoms in total. The summed E-state index contributed by atoms with van der Waals surface area (Å²) in [5.41, 5.74) is 6.36. The van der Waals surface area contributed by atoms with Crippen LogP contribution in [0.2, 0.25) is 15.1 Å². The Morgan fingerprint density at radius 2 is 1.67 bits per heavy atom. The molecule has 1 aromatic heterocycles. The Kier molecular flexibility index (Phi) is 6.93. The third kappa shape index (κ3) is 5.31. The molecule has 2 aromatic carbocycles. The van der Waals surface area contributed by atoms with E-state index in [0.717, 1.165) is 0 Å². The minimum Gasteiger partial charge on any atom is -0.326 e. The first kappa shape index (κ1) is 23.9. The number of rotatable bonds is 6. The predicted molar refractivity (Wildman–Crippen MR) is 133 cm³/mol. The molecule has 1 aliphatic rings. The second-order valence-electron chi connectivity index (χ2n) is 7.31. The van der Waals surface area contributed by atoms with E-state index in [0.29, 0.717) is 27.1 Å². The first-order valence-corrected chi connectivity index (χ1v) is 11.5. The minimum atomic E-state index is -1.32. The number of alkyl halides is 2. The summed E-state index contributed by atoms with van der Waals surface area (Å²) in [5.74, 6) is -1.71. The highest BCUT2D eigenvalue weighted by Gasteiger charge is 2.67. The standard InChI is InChI=1S/C22H15Cl5N4O2/c23-12-7-11(8-13(24)9-12)18-19(22(18,26)27)21(33)29-14-4-5-16(25)15(10-14)20(32)31-30-17-3-1-2-6-28-17/h1-10,18-19H,(H,28,30)(H,29,33)(H,31,32)/t18-,19+/m0/s1. The number of carbonyl (C=O) groups excluding carboxylic acids is 2. The Balaban J connectivity index is 1.46. The van der Waals surface area contributed by atoms with Crippen molar-refractivity contribution in [1.82, 2.24) is 10.4 Å². The van der Waals surface area contributed by atoms with Crippen molar-refractivity contribution in [3.63, 3.8) is 0 Å². The van der Waals surface area contributed by atoms with E-state index in [1.54, 1.807) is 48.7 Å². The van der Waals surface area contributed by atoms with E-state index in [-0.39, 0.29) is 10.6 Å². The Labute approximate surface area is 214 Å². The second kappa shape index (κ2) is 9.57. The molecule has 170 valence electrons. The van der Waals surface area contributed by atoms with Gasteiger partial charge >= 0.3 is 0 Å². The summed E-state index contributed by atoms with van der Waals surface area (Å²) in [6.45, 7) is 0. The van der Waals surface area contributed by atoms with Crippen molar-refractivity contribution >= 4 is 81.3 Å².